The van der Waals surface area contributed by atoms with E-state index in [0.717, 1.165) is 41.7 Å². The Bertz CT molecular complexity index is 899. The molecule has 4 rings (SSSR count). The maximum atomic E-state index is 12.5. The number of rotatable bonds is 4. The topological polar surface area (TPSA) is 63.6 Å². The normalized spacial score (nSPS) is 25.2. The van der Waals surface area contributed by atoms with Crippen LogP contribution in [0.5, 0.6) is 5.75 Å². The van der Waals surface area contributed by atoms with Crippen molar-refractivity contribution in [3.63, 3.8) is 0 Å². The summed E-state index contributed by atoms with van der Waals surface area (Å²) in [5, 5.41) is 9.44. The standard InChI is InChI=1S/C23H24O4/c1-3-23(4-2)13-18-15(6-5-7-19(18)24)21(23)16-10-11-27-20-9-8-14(22(25)26)12-17(16)20/h5-9,12-13,16,21H,3-4,10-11H2,1-2H3,(H,25,26). The molecule has 0 saturated heterocycles. The molecule has 0 radical (unpaired) electrons. The average molecular weight is 364 g/mol. The van der Waals surface area contributed by atoms with E-state index in [1.807, 2.05) is 6.08 Å². The van der Waals surface area contributed by atoms with Crippen LogP contribution in [0.3, 0.4) is 0 Å². The zero-order valence-electron chi connectivity index (χ0n) is 15.7. The van der Waals surface area contributed by atoms with Gasteiger partial charge in [0.25, 0.3) is 0 Å². The number of allylic oxidation sites excluding steroid dienone is 6. The molecule has 2 atom stereocenters. The van der Waals surface area contributed by atoms with E-state index in [-0.39, 0.29) is 28.6 Å². The summed E-state index contributed by atoms with van der Waals surface area (Å²) in [7, 11) is 0. The maximum absolute atomic E-state index is 12.5. The molecule has 3 aliphatic rings. The van der Waals surface area contributed by atoms with Gasteiger partial charge in [0, 0.05) is 11.5 Å². The molecular formula is C23H24O4. The summed E-state index contributed by atoms with van der Waals surface area (Å²) in [4.78, 5) is 24.0. The third-order valence-corrected chi connectivity index (χ3v) is 6.55. The van der Waals surface area contributed by atoms with Gasteiger partial charge in [-0.25, -0.2) is 4.79 Å². The van der Waals surface area contributed by atoms with E-state index >= 15 is 0 Å². The zero-order chi connectivity index (χ0) is 19.2. The molecule has 1 N–H and O–H groups in total. The maximum Gasteiger partial charge on any atom is 0.335 e. The molecule has 0 spiro atoms. The van der Waals surface area contributed by atoms with Crippen molar-refractivity contribution in [2.75, 3.05) is 6.61 Å². The zero-order valence-corrected chi connectivity index (χ0v) is 15.7. The number of carbonyl (C=O) groups excluding carboxylic acids is 1. The van der Waals surface area contributed by atoms with Gasteiger partial charge in [-0.3, -0.25) is 4.79 Å². The highest BCUT2D eigenvalue weighted by Crippen LogP contribution is 2.58. The highest BCUT2D eigenvalue weighted by Gasteiger charge is 2.49. The van der Waals surface area contributed by atoms with Gasteiger partial charge < -0.3 is 9.84 Å². The Morgan fingerprint density at radius 3 is 2.78 bits per heavy atom. The smallest absolute Gasteiger partial charge is 0.335 e. The number of aromatic carboxylic acids is 1. The number of ketones is 1. The van der Waals surface area contributed by atoms with Crippen LogP contribution in [-0.2, 0) is 4.79 Å². The molecule has 0 fully saturated rings. The predicted octanol–water partition coefficient (Wildman–Crippen LogP) is 4.68. The lowest BCUT2D eigenvalue weighted by Crippen LogP contribution is -2.33. The summed E-state index contributed by atoms with van der Waals surface area (Å²) >= 11 is 0. The fourth-order valence-electron chi connectivity index (χ4n) is 5.09. The van der Waals surface area contributed by atoms with Crippen LogP contribution in [-0.4, -0.2) is 23.5 Å². The van der Waals surface area contributed by atoms with Gasteiger partial charge in [0.1, 0.15) is 5.75 Å². The van der Waals surface area contributed by atoms with Crippen LogP contribution in [0.25, 0.3) is 0 Å². The summed E-state index contributed by atoms with van der Waals surface area (Å²) in [6, 6.07) is 5.13. The van der Waals surface area contributed by atoms with Crippen molar-refractivity contribution in [3.8, 4) is 5.75 Å². The van der Waals surface area contributed by atoms with Gasteiger partial charge in [-0.1, -0.05) is 32.1 Å². The minimum absolute atomic E-state index is 0.0767. The van der Waals surface area contributed by atoms with Crippen molar-refractivity contribution in [2.24, 2.45) is 11.3 Å². The molecule has 0 amide bonds. The van der Waals surface area contributed by atoms with Crippen LogP contribution in [0.2, 0.25) is 0 Å². The summed E-state index contributed by atoms with van der Waals surface area (Å²) in [6.07, 6.45) is 10.4. The SMILES string of the molecule is CCC1(CC)C=C2C(=O)C=CC=C2C1C1CCOc2ccc(C(=O)O)cc21. The lowest BCUT2D eigenvalue weighted by Gasteiger charge is -2.41. The van der Waals surface area contributed by atoms with E-state index in [0.29, 0.717) is 6.61 Å². The van der Waals surface area contributed by atoms with Crippen molar-refractivity contribution >= 4 is 11.8 Å². The second-order valence-corrected chi connectivity index (χ2v) is 7.62. The summed E-state index contributed by atoms with van der Waals surface area (Å²) in [5.74, 6) is 0.201. The Kier molecular flexibility index (Phi) is 4.29. The molecule has 1 aromatic carbocycles. The largest absolute Gasteiger partial charge is 0.493 e. The Morgan fingerprint density at radius 2 is 2.07 bits per heavy atom. The van der Waals surface area contributed by atoms with Gasteiger partial charge in [0.05, 0.1) is 12.2 Å². The second kappa shape index (κ2) is 6.52. The molecule has 2 unspecified atom stereocenters. The first-order valence-corrected chi connectivity index (χ1v) is 9.66. The van der Waals surface area contributed by atoms with Gasteiger partial charge in [0.2, 0.25) is 0 Å². The molecular weight excluding hydrogens is 340 g/mol. The molecule has 2 aliphatic carbocycles. The summed E-state index contributed by atoms with van der Waals surface area (Å²) in [5.41, 5.74) is 3.07. The molecule has 0 saturated carbocycles. The fraction of sp³-hybridized carbons (Fsp3) is 0.391. The lowest BCUT2D eigenvalue weighted by atomic mass is 9.63. The van der Waals surface area contributed by atoms with E-state index < -0.39 is 5.97 Å². The fourth-order valence-corrected chi connectivity index (χ4v) is 5.09. The van der Waals surface area contributed by atoms with E-state index in [1.165, 1.54) is 0 Å². The first kappa shape index (κ1) is 17.8. The van der Waals surface area contributed by atoms with Crippen molar-refractivity contribution in [2.45, 2.75) is 39.0 Å². The molecule has 1 aromatic rings. The highest BCUT2D eigenvalue weighted by atomic mass is 16.5. The third kappa shape index (κ3) is 2.66. The van der Waals surface area contributed by atoms with Gasteiger partial charge >= 0.3 is 5.97 Å². The molecule has 140 valence electrons. The van der Waals surface area contributed by atoms with E-state index in [2.05, 4.69) is 26.0 Å². The molecule has 1 aliphatic heterocycles. The molecule has 4 heteroatoms. The van der Waals surface area contributed by atoms with Crippen LogP contribution in [0.15, 0.2) is 53.6 Å². The Morgan fingerprint density at radius 1 is 1.30 bits per heavy atom. The molecule has 0 aromatic heterocycles. The minimum Gasteiger partial charge on any atom is -0.493 e. The number of carboxylic acids is 1. The van der Waals surface area contributed by atoms with Gasteiger partial charge in [-0.15, -0.1) is 0 Å². The third-order valence-electron chi connectivity index (χ3n) is 6.55. The van der Waals surface area contributed by atoms with E-state index in [1.54, 1.807) is 24.3 Å². The number of hydrogen-bond acceptors (Lipinski definition) is 3. The number of hydrogen-bond donors (Lipinski definition) is 1. The van der Waals surface area contributed by atoms with Crippen molar-refractivity contribution in [3.05, 3.63) is 64.8 Å². The van der Waals surface area contributed by atoms with Crippen LogP contribution >= 0.6 is 0 Å². The van der Waals surface area contributed by atoms with E-state index in [4.69, 9.17) is 4.74 Å². The minimum atomic E-state index is -0.931. The Labute approximate surface area is 159 Å². The second-order valence-electron chi connectivity index (χ2n) is 7.62. The van der Waals surface area contributed by atoms with E-state index in [9.17, 15) is 14.7 Å². The Balaban J connectivity index is 1.87. The molecule has 0 bridgehead atoms. The number of benzene rings is 1. The van der Waals surface area contributed by atoms with Gasteiger partial charge in [-0.05, 0) is 66.0 Å². The van der Waals surface area contributed by atoms with Gasteiger partial charge in [0.15, 0.2) is 5.78 Å². The van der Waals surface area contributed by atoms with Crippen molar-refractivity contribution in [1.82, 2.24) is 0 Å². The monoisotopic (exact) mass is 364 g/mol. The number of fused-ring (bicyclic) bond motifs is 2. The molecule has 27 heavy (non-hydrogen) atoms. The summed E-state index contributed by atoms with van der Waals surface area (Å²) < 4.78 is 5.83. The van der Waals surface area contributed by atoms with Crippen LogP contribution in [0.4, 0.5) is 0 Å². The number of ether oxygens (including phenoxy) is 1. The summed E-state index contributed by atoms with van der Waals surface area (Å²) in [6.45, 7) is 4.96. The van der Waals surface area contributed by atoms with Crippen LogP contribution < -0.4 is 4.74 Å². The molecule has 4 nitrogen and oxygen atoms in total. The van der Waals surface area contributed by atoms with Crippen molar-refractivity contribution in [1.29, 1.82) is 0 Å². The highest BCUT2D eigenvalue weighted by molar-refractivity contribution is 6.09. The number of carbonyl (C=O) groups is 2. The van der Waals surface area contributed by atoms with Crippen LogP contribution in [0, 0.1) is 11.3 Å². The van der Waals surface area contributed by atoms with Crippen LogP contribution in [0.1, 0.15) is 54.9 Å². The first-order valence-electron chi connectivity index (χ1n) is 9.66. The molecule has 1 heterocycles. The van der Waals surface area contributed by atoms with Gasteiger partial charge in [-0.2, -0.15) is 0 Å². The first-order chi connectivity index (χ1) is 13.0. The number of carboxylic acid groups (broad SMARTS) is 1. The van der Waals surface area contributed by atoms with Crippen molar-refractivity contribution < 1.29 is 19.4 Å². The average Bonchev–Trinajstić information content (AvgIpc) is 3.03. The lowest BCUT2D eigenvalue weighted by molar-refractivity contribution is -0.111. The Hall–Kier alpha value is -2.62. The quantitative estimate of drug-likeness (QED) is 0.843. The predicted molar refractivity (Wildman–Crippen MR) is 103 cm³/mol.